The van der Waals surface area contributed by atoms with E-state index in [4.69, 9.17) is 53.6 Å². The van der Waals surface area contributed by atoms with Crippen molar-refractivity contribution in [3.63, 3.8) is 0 Å². The fourth-order valence-corrected chi connectivity index (χ4v) is 1.49. The van der Waals surface area contributed by atoms with Crippen molar-refractivity contribution in [1.82, 2.24) is 0 Å². The molecule has 0 saturated heterocycles. The molecule has 1 unspecified atom stereocenters. The zero-order chi connectivity index (χ0) is 26.4. The summed E-state index contributed by atoms with van der Waals surface area (Å²) in [6.07, 6.45) is 0.963. The molecule has 0 fully saturated rings. The Hall–Kier alpha value is -2.65. The maximum atomic E-state index is 10.4. The summed E-state index contributed by atoms with van der Waals surface area (Å²) in [5, 5.41) is 48.7. The Morgan fingerprint density at radius 1 is 0.818 bits per heavy atom. The minimum absolute atomic E-state index is 0.139. The summed E-state index contributed by atoms with van der Waals surface area (Å²) in [4.78, 5) is 30.1. The monoisotopic (exact) mass is 478 g/mol. The summed E-state index contributed by atoms with van der Waals surface area (Å²) in [5.41, 5.74) is 21.3. The van der Waals surface area contributed by atoms with Gasteiger partial charge in [0.2, 0.25) is 0 Å². The van der Waals surface area contributed by atoms with Crippen LogP contribution in [0.1, 0.15) is 25.3 Å². The van der Waals surface area contributed by atoms with Gasteiger partial charge in [-0.2, -0.15) is 0 Å². The van der Waals surface area contributed by atoms with E-state index in [0.29, 0.717) is 25.8 Å². The molecule has 4 atom stereocenters. The van der Waals surface area contributed by atoms with Gasteiger partial charge in [0.05, 0.1) is 19.3 Å². The molecule has 0 amide bonds. The summed E-state index contributed by atoms with van der Waals surface area (Å²) in [6.45, 7) is 1.39. The molecule has 1 rings (SSSR count). The number of carboxylic acid groups (broad SMARTS) is 3. The number of rotatable bonds is 10. The second-order valence-corrected chi connectivity index (χ2v) is 6.67. The highest BCUT2D eigenvalue weighted by Crippen LogP contribution is 2.01. The fourth-order valence-electron chi connectivity index (χ4n) is 1.49. The smallest absolute Gasteiger partial charge is 0.322 e. The number of benzene rings is 1. The van der Waals surface area contributed by atoms with Crippen LogP contribution in [-0.2, 0) is 20.8 Å². The van der Waals surface area contributed by atoms with E-state index < -0.39 is 48.7 Å². The van der Waals surface area contributed by atoms with Crippen molar-refractivity contribution in [3.8, 4) is 0 Å². The molecule has 13 nitrogen and oxygen atoms in total. The molecule has 0 aliphatic rings. The van der Waals surface area contributed by atoms with Crippen LogP contribution in [0, 0.1) is 0 Å². The minimum Gasteiger partial charge on any atom is -0.480 e. The Kier molecular flexibility index (Phi) is 23.9. The first-order valence-electron chi connectivity index (χ1n) is 9.92. The lowest BCUT2D eigenvalue weighted by atomic mass is 10.1. The standard InChI is InChI=1S/C9H11NO2.C5H12N2O2.C3H7NO3.C3H8O2/c10-8(9(11)12)6-7-4-2-1-3-5-7;6-3-1-2-4(7)5(8)9;4-2(1-5)3(6)7;1-3(5)2-4/h1-5,8H,6,10H2,(H,11,12);4H,1-3,6-7H2,(H,8,9);2,5H,1,4H2,(H,6,7);3-5H,2H2,1H3/t8-;4-;2-;/m000./s1. The number of carbonyl (C=O) groups is 3. The maximum absolute atomic E-state index is 10.4. The van der Waals surface area contributed by atoms with Gasteiger partial charge in [0.15, 0.2) is 0 Å². The molecule has 1 aromatic carbocycles. The average molecular weight is 479 g/mol. The summed E-state index contributed by atoms with van der Waals surface area (Å²) in [7, 11) is 0. The zero-order valence-corrected chi connectivity index (χ0v) is 18.7. The van der Waals surface area contributed by atoms with E-state index in [1.165, 1.54) is 6.92 Å². The third kappa shape index (κ3) is 25.5. The lowest BCUT2D eigenvalue weighted by Gasteiger charge is -2.04. The molecular weight excluding hydrogens is 440 g/mol. The van der Waals surface area contributed by atoms with Gasteiger partial charge >= 0.3 is 17.9 Å². The number of aliphatic hydroxyl groups excluding tert-OH is 3. The number of nitrogens with two attached hydrogens (primary N) is 4. The number of carboxylic acids is 3. The van der Waals surface area contributed by atoms with Gasteiger partial charge in [-0.05, 0) is 38.3 Å². The van der Waals surface area contributed by atoms with Gasteiger partial charge in [0.25, 0.3) is 0 Å². The molecule has 0 aliphatic carbocycles. The second-order valence-electron chi connectivity index (χ2n) is 6.67. The molecule has 0 aliphatic heterocycles. The van der Waals surface area contributed by atoms with Crippen molar-refractivity contribution >= 4 is 17.9 Å². The quantitative estimate of drug-likeness (QED) is 0.167. The van der Waals surface area contributed by atoms with Crippen LogP contribution in [-0.4, -0.2) is 92.5 Å². The lowest BCUT2D eigenvalue weighted by molar-refractivity contribution is -0.140. The topological polar surface area (TPSA) is 277 Å². The molecule has 14 N–H and O–H groups in total. The van der Waals surface area contributed by atoms with Crippen molar-refractivity contribution < 1.29 is 45.0 Å². The molecule has 1 aromatic rings. The van der Waals surface area contributed by atoms with Gasteiger partial charge in [0, 0.05) is 0 Å². The van der Waals surface area contributed by atoms with E-state index in [-0.39, 0.29) is 6.61 Å². The van der Waals surface area contributed by atoms with Gasteiger partial charge in [-0.25, -0.2) is 0 Å². The van der Waals surface area contributed by atoms with Crippen LogP contribution >= 0.6 is 0 Å². The summed E-state index contributed by atoms with van der Waals surface area (Å²) in [6, 6.07) is 6.68. The first kappa shape index (κ1) is 35.0. The van der Waals surface area contributed by atoms with E-state index in [9.17, 15) is 14.4 Å². The van der Waals surface area contributed by atoms with Gasteiger partial charge < -0.3 is 53.6 Å². The van der Waals surface area contributed by atoms with Gasteiger partial charge in [-0.3, -0.25) is 14.4 Å². The molecule has 192 valence electrons. The van der Waals surface area contributed by atoms with Crippen molar-refractivity contribution in [2.75, 3.05) is 19.8 Å². The van der Waals surface area contributed by atoms with E-state index in [2.05, 4.69) is 0 Å². The number of hydrogen-bond donors (Lipinski definition) is 10. The third-order valence-electron chi connectivity index (χ3n) is 3.43. The Bertz CT molecular complexity index is 633. The van der Waals surface area contributed by atoms with Crippen LogP contribution in [0.4, 0.5) is 0 Å². The predicted octanol–water partition coefficient (Wildman–Crippen LogP) is -2.47. The number of aliphatic hydroxyl groups is 3. The molecule has 0 saturated carbocycles. The Labute approximate surface area is 192 Å². The van der Waals surface area contributed by atoms with Crippen LogP contribution in [0.5, 0.6) is 0 Å². The van der Waals surface area contributed by atoms with Crippen molar-refractivity contribution in [1.29, 1.82) is 0 Å². The molecule has 33 heavy (non-hydrogen) atoms. The second kappa shape index (κ2) is 22.5. The number of aliphatic carboxylic acids is 3. The summed E-state index contributed by atoms with van der Waals surface area (Å²) < 4.78 is 0. The Balaban J connectivity index is -0.000000384. The van der Waals surface area contributed by atoms with E-state index >= 15 is 0 Å². The normalized spacial score (nSPS) is 13.2. The first-order chi connectivity index (χ1) is 15.3. The highest BCUT2D eigenvalue weighted by Gasteiger charge is 2.11. The summed E-state index contributed by atoms with van der Waals surface area (Å²) in [5.74, 6) is -3.09. The van der Waals surface area contributed by atoms with Crippen LogP contribution in [0.25, 0.3) is 0 Å². The molecule has 0 aromatic heterocycles. The third-order valence-corrected chi connectivity index (χ3v) is 3.43. The molecule has 0 radical (unpaired) electrons. The van der Waals surface area contributed by atoms with Crippen molar-refractivity contribution in [3.05, 3.63) is 35.9 Å². The Morgan fingerprint density at radius 2 is 1.24 bits per heavy atom. The van der Waals surface area contributed by atoms with Crippen LogP contribution in [0.2, 0.25) is 0 Å². The van der Waals surface area contributed by atoms with Crippen LogP contribution in [0.15, 0.2) is 30.3 Å². The van der Waals surface area contributed by atoms with E-state index in [1.54, 1.807) is 0 Å². The first-order valence-corrected chi connectivity index (χ1v) is 9.92. The molecule has 0 bridgehead atoms. The predicted molar refractivity (Wildman–Crippen MR) is 121 cm³/mol. The van der Waals surface area contributed by atoms with Crippen LogP contribution < -0.4 is 22.9 Å². The highest BCUT2D eigenvalue weighted by molar-refractivity contribution is 5.73. The molecule has 13 heteroatoms. The Morgan fingerprint density at radius 3 is 1.52 bits per heavy atom. The minimum atomic E-state index is -1.18. The summed E-state index contributed by atoms with van der Waals surface area (Å²) >= 11 is 0. The molecule has 0 spiro atoms. The van der Waals surface area contributed by atoms with Crippen LogP contribution in [0.3, 0.4) is 0 Å². The maximum Gasteiger partial charge on any atom is 0.322 e. The largest absolute Gasteiger partial charge is 0.480 e. The molecular formula is C20H38N4O9. The zero-order valence-electron chi connectivity index (χ0n) is 18.7. The van der Waals surface area contributed by atoms with E-state index in [1.807, 2.05) is 30.3 Å². The molecule has 0 heterocycles. The SMILES string of the molecule is CC(O)CO.NCCC[C@H](N)C(=O)O.N[C@@H](CO)C(=O)O.N[C@@H](Cc1ccccc1)C(=O)O. The van der Waals surface area contributed by atoms with Crippen molar-refractivity contribution in [2.45, 2.75) is 50.4 Å². The number of hydrogen-bond acceptors (Lipinski definition) is 10. The lowest BCUT2D eigenvalue weighted by Crippen LogP contribution is -2.33. The average Bonchev–Trinajstić information content (AvgIpc) is 2.78. The highest BCUT2D eigenvalue weighted by atomic mass is 16.4. The van der Waals surface area contributed by atoms with Gasteiger partial charge in [-0.1, -0.05) is 30.3 Å². The van der Waals surface area contributed by atoms with Gasteiger partial charge in [0.1, 0.15) is 18.1 Å². The van der Waals surface area contributed by atoms with E-state index in [0.717, 1.165) is 5.56 Å². The van der Waals surface area contributed by atoms with Crippen molar-refractivity contribution in [2.24, 2.45) is 22.9 Å². The fraction of sp³-hybridized carbons (Fsp3) is 0.550. The van der Waals surface area contributed by atoms with Gasteiger partial charge in [-0.15, -0.1) is 0 Å².